The summed E-state index contributed by atoms with van der Waals surface area (Å²) in [5.41, 5.74) is 5.39. The molecule has 3 aromatic rings. The second-order valence-corrected chi connectivity index (χ2v) is 6.54. The number of benzene rings is 2. The van der Waals surface area contributed by atoms with E-state index in [4.69, 9.17) is 0 Å². The summed E-state index contributed by atoms with van der Waals surface area (Å²) in [5.74, 6) is -1.06. The van der Waals surface area contributed by atoms with Crippen LogP contribution in [0.1, 0.15) is 26.4 Å². The van der Waals surface area contributed by atoms with Gasteiger partial charge in [-0.3, -0.25) is 20.4 Å². The van der Waals surface area contributed by atoms with Crippen LogP contribution in [0.2, 0.25) is 0 Å². The van der Waals surface area contributed by atoms with Crippen molar-refractivity contribution in [2.24, 2.45) is 0 Å². The Balaban J connectivity index is 1.63. The molecule has 0 unspecified atom stereocenters. The standard InChI is InChI=1S/C20H18F3N5O2/c1-27(2)16-5-3-4-14(12-16)19(30)25-24-18(29)13-6-8-15(9-7-13)28-11-10-17(26-28)20(21,22)23/h3-12H,1-2H3,(H,24,29)(H,25,30). The van der Waals surface area contributed by atoms with Gasteiger partial charge in [0.05, 0.1) is 5.69 Å². The van der Waals surface area contributed by atoms with Gasteiger partial charge in [-0.2, -0.15) is 18.3 Å². The van der Waals surface area contributed by atoms with Gasteiger partial charge in [-0.05, 0) is 48.5 Å². The molecule has 0 bridgehead atoms. The lowest BCUT2D eigenvalue weighted by atomic mass is 10.2. The Kier molecular flexibility index (Phi) is 5.77. The Morgan fingerprint density at radius 3 is 2.13 bits per heavy atom. The summed E-state index contributed by atoms with van der Waals surface area (Å²) in [4.78, 5) is 26.3. The third-order valence-electron chi connectivity index (χ3n) is 4.19. The van der Waals surface area contributed by atoms with Crippen LogP contribution in [-0.4, -0.2) is 35.7 Å². The first-order chi connectivity index (χ1) is 14.1. The van der Waals surface area contributed by atoms with E-state index in [1.165, 1.54) is 30.5 Å². The molecule has 2 N–H and O–H groups in total. The monoisotopic (exact) mass is 417 g/mol. The Morgan fingerprint density at radius 2 is 1.57 bits per heavy atom. The van der Waals surface area contributed by atoms with E-state index in [0.29, 0.717) is 11.3 Å². The molecule has 0 aliphatic rings. The largest absolute Gasteiger partial charge is 0.435 e. The van der Waals surface area contributed by atoms with E-state index in [1.807, 2.05) is 25.1 Å². The summed E-state index contributed by atoms with van der Waals surface area (Å²) < 4.78 is 39.0. The molecule has 1 heterocycles. The molecule has 0 aliphatic carbocycles. The molecular weight excluding hydrogens is 399 g/mol. The minimum absolute atomic E-state index is 0.212. The van der Waals surface area contributed by atoms with Crippen LogP contribution in [0, 0.1) is 0 Å². The maximum atomic E-state index is 12.7. The molecule has 0 saturated heterocycles. The van der Waals surface area contributed by atoms with Crippen LogP contribution >= 0.6 is 0 Å². The first-order valence-corrected chi connectivity index (χ1v) is 8.76. The smallest absolute Gasteiger partial charge is 0.378 e. The van der Waals surface area contributed by atoms with Crippen molar-refractivity contribution in [1.29, 1.82) is 0 Å². The second kappa shape index (κ2) is 8.27. The highest BCUT2D eigenvalue weighted by atomic mass is 19.4. The molecule has 3 rings (SSSR count). The molecule has 0 fully saturated rings. The number of amides is 2. The number of carbonyl (C=O) groups excluding carboxylic acids is 2. The molecule has 2 amide bonds. The molecule has 0 aliphatic heterocycles. The zero-order chi connectivity index (χ0) is 21.9. The molecule has 0 spiro atoms. The second-order valence-electron chi connectivity index (χ2n) is 6.54. The van der Waals surface area contributed by atoms with E-state index in [1.54, 1.807) is 18.2 Å². The van der Waals surface area contributed by atoms with Crippen molar-refractivity contribution in [2.45, 2.75) is 6.18 Å². The number of alkyl halides is 3. The zero-order valence-electron chi connectivity index (χ0n) is 16.1. The van der Waals surface area contributed by atoms with E-state index in [-0.39, 0.29) is 5.56 Å². The van der Waals surface area contributed by atoms with Crippen molar-refractivity contribution in [3.05, 3.63) is 77.6 Å². The van der Waals surface area contributed by atoms with Crippen LogP contribution < -0.4 is 15.8 Å². The summed E-state index contributed by atoms with van der Waals surface area (Å²) in [6.07, 6.45) is -3.35. The fourth-order valence-electron chi connectivity index (χ4n) is 2.57. The van der Waals surface area contributed by atoms with Crippen LogP contribution in [0.5, 0.6) is 0 Å². The maximum Gasteiger partial charge on any atom is 0.435 e. The Bertz CT molecular complexity index is 1060. The van der Waals surface area contributed by atoms with Gasteiger partial charge >= 0.3 is 6.18 Å². The molecule has 0 atom stereocenters. The molecule has 10 heteroatoms. The SMILES string of the molecule is CN(C)c1cccc(C(=O)NNC(=O)c2ccc(-n3ccc(C(F)(F)F)n3)cc2)c1. The number of nitrogens with zero attached hydrogens (tertiary/aromatic N) is 3. The van der Waals surface area contributed by atoms with Gasteiger partial charge < -0.3 is 4.90 Å². The third-order valence-corrected chi connectivity index (χ3v) is 4.19. The van der Waals surface area contributed by atoms with E-state index in [9.17, 15) is 22.8 Å². The van der Waals surface area contributed by atoms with Crippen molar-refractivity contribution in [2.75, 3.05) is 19.0 Å². The first-order valence-electron chi connectivity index (χ1n) is 8.76. The predicted molar refractivity (Wildman–Crippen MR) is 104 cm³/mol. The van der Waals surface area contributed by atoms with Gasteiger partial charge in [0.15, 0.2) is 5.69 Å². The van der Waals surface area contributed by atoms with E-state index in [2.05, 4.69) is 16.0 Å². The van der Waals surface area contributed by atoms with Gasteiger partial charge in [-0.25, -0.2) is 4.68 Å². The van der Waals surface area contributed by atoms with E-state index in [0.717, 1.165) is 16.4 Å². The molecular formula is C20H18F3N5O2. The van der Waals surface area contributed by atoms with Crippen LogP contribution in [0.25, 0.3) is 5.69 Å². The number of hydrazine groups is 1. The van der Waals surface area contributed by atoms with E-state index < -0.39 is 23.7 Å². The van der Waals surface area contributed by atoms with Gasteiger partial charge in [-0.1, -0.05) is 6.07 Å². The van der Waals surface area contributed by atoms with Crippen LogP contribution in [0.3, 0.4) is 0 Å². The molecule has 7 nitrogen and oxygen atoms in total. The molecule has 0 radical (unpaired) electrons. The number of aromatic nitrogens is 2. The normalized spacial score (nSPS) is 11.1. The van der Waals surface area contributed by atoms with Crippen molar-refractivity contribution in [3.8, 4) is 5.69 Å². The number of hydrogen-bond acceptors (Lipinski definition) is 4. The summed E-state index contributed by atoms with van der Waals surface area (Å²) in [6.45, 7) is 0. The Hall–Kier alpha value is -3.82. The highest BCUT2D eigenvalue weighted by Gasteiger charge is 2.33. The topological polar surface area (TPSA) is 79.3 Å². The van der Waals surface area contributed by atoms with Gasteiger partial charge in [-0.15, -0.1) is 0 Å². The minimum atomic E-state index is -4.53. The number of halogens is 3. The number of carbonyl (C=O) groups is 2. The Labute approximate surface area is 170 Å². The van der Waals surface area contributed by atoms with Crippen LogP contribution in [0.15, 0.2) is 60.8 Å². The van der Waals surface area contributed by atoms with Crippen molar-refractivity contribution < 1.29 is 22.8 Å². The van der Waals surface area contributed by atoms with Crippen molar-refractivity contribution in [1.82, 2.24) is 20.6 Å². The van der Waals surface area contributed by atoms with Gasteiger partial charge in [0.2, 0.25) is 0 Å². The van der Waals surface area contributed by atoms with E-state index >= 15 is 0 Å². The predicted octanol–water partition coefficient (Wildman–Crippen LogP) is 3.03. The minimum Gasteiger partial charge on any atom is -0.378 e. The third kappa shape index (κ3) is 4.77. The number of hydrogen-bond donors (Lipinski definition) is 2. The number of anilines is 1. The summed E-state index contributed by atoms with van der Waals surface area (Å²) in [5, 5.41) is 3.47. The molecule has 156 valence electrons. The van der Waals surface area contributed by atoms with Gasteiger partial charge in [0, 0.05) is 37.1 Å². The highest BCUT2D eigenvalue weighted by Crippen LogP contribution is 2.27. The van der Waals surface area contributed by atoms with Gasteiger partial charge in [0.1, 0.15) is 0 Å². The zero-order valence-corrected chi connectivity index (χ0v) is 16.1. The quantitative estimate of drug-likeness (QED) is 0.640. The number of nitrogens with one attached hydrogen (secondary N) is 2. The first kappa shape index (κ1) is 20.9. The fourth-order valence-corrected chi connectivity index (χ4v) is 2.57. The van der Waals surface area contributed by atoms with Crippen molar-refractivity contribution >= 4 is 17.5 Å². The van der Waals surface area contributed by atoms with Crippen LogP contribution in [0.4, 0.5) is 18.9 Å². The van der Waals surface area contributed by atoms with Crippen LogP contribution in [-0.2, 0) is 6.18 Å². The number of rotatable bonds is 4. The summed E-state index contributed by atoms with van der Waals surface area (Å²) in [6, 6.07) is 13.4. The lowest BCUT2D eigenvalue weighted by molar-refractivity contribution is -0.141. The fraction of sp³-hybridized carbons (Fsp3) is 0.150. The van der Waals surface area contributed by atoms with Gasteiger partial charge in [0.25, 0.3) is 11.8 Å². The highest BCUT2D eigenvalue weighted by molar-refractivity contribution is 5.99. The lowest BCUT2D eigenvalue weighted by Gasteiger charge is -2.13. The molecule has 2 aromatic carbocycles. The lowest BCUT2D eigenvalue weighted by Crippen LogP contribution is -2.41. The average molecular weight is 417 g/mol. The summed E-state index contributed by atoms with van der Waals surface area (Å²) in [7, 11) is 3.69. The molecule has 30 heavy (non-hydrogen) atoms. The van der Waals surface area contributed by atoms with Crippen molar-refractivity contribution in [3.63, 3.8) is 0 Å². The molecule has 0 saturated carbocycles. The Morgan fingerprint density at radius 1 is 0.933 bits per heavy atom. The maximum absolute atomic E-state index is 12.7. The average Bonchev–Trinajstić information content (AvgIpc) is 3.23. The summed E-state index contributed by atoms with van der Waals surface area (Å²) >= 11 is 0. The molecule has 1 aromatic heterocycles.